The van der Waals surface area contributed by atoms with Crippen molar-refractivity contribution in [3.8, 4) is 0 Å². The SMILES string of the molecule is c1ccc(NC[C@]23COC[C@H]2CN(Cc2ccco2)C3)nc1. The lowest BCUT2D eigenvalue weighted by atomic mass is 9.81. The van der Waals surface area contributed by atoms with Gasteiger partial charge in [0.2, 0.25) is 0 Å². The van der Waals surface area contributed by atoms with E-state index in [0.29, 0.717) is 5.92 Å². The molecular formula is C17H21N3O2. The number of hydrogen-bond acceptors (Lipinski definition) is 5. The highest BCUT2D eigenvalue weighted by atomic mass is 16.5. The summed E-state index contributed by atoms with van der Waals surface area (Å²) in [6.07, 6.45) is 3.56. The van der Waals surface area contributed by atoms with Crippen molar-refractivity contribution < 1.29 is 9.15 Å². The predicted octanol–water partition coefficient (Wildman–Crippen LogP) is 2.24. The van der Waals surface area contributed by atoms with E-state index in [4.69, 9.17) is 9.15 Å². The number of nitrogens with zero attached hydrogens (tertiary/aromatic N) is 2. The predicted molar refractivity (Wildman–Crippen MR) is 83.5 cm³/mol. The highest BCUT2D eigenvalue weighted by molar-refractivity contribution is 5.34. The van der Waals surface area contributed by atoms with E-state index >= 15 is 0 Å². The number of anilines is 1. The van der Waals surface area contributed by atoms with Gasteiger partial charge in [-0.25, -0.2) is 4.98 Å². The maximum absolute atomic E-state index is 5.78. The van der Waals surface area contributed by atoms with Crippen LogP contribution in [0.2, 0.25) is 0 Å². The van der Waals surface area contributed by atoms with Crippen molar-refractivity contribution in [1.82, 2.24) is 9.88 Å². The first-order valence-electron chi connectivity index (χ1n) is 7.81. The Bertz CT molecular complexity index is 602. The third kappa shape index (κ3) is 2.62. The average molecular weight is 299 g/mol. The molecule has 2 aromatic rings. The molecule has 116 valence electrons. The van der Waals surface area contributed by atoms with Gasteiger partial charge in [0, 0.05) is 37.2 Å². The molecule has 0 aromatic carbocycles. The smallest absolute Gasteiger partial charge is 0.125 e. The van der Waals surface area contributed by atoms with Crippen LogP contribution in [0.15, 0.2) is 47.2 Å². The molecule has 5 nitrogen and oxygen atoms in total. The monoisotopic (exact) mass is 299 g/mol. The Balaban J connectivity index is 1.42. The quantitative estimate of drug-likeness (QED) is 0.917. The molecule has 4 rings (SSSR count). The number of nitrogens with one attached hydrogen (secondary N) is 1. The number of hydrogen-bond donors (Lipinski definition) is 1. The minimum atomic E-state index is 0.185. The van der Waals surface area contributed by atoms with Crippen LogP contribution in [0, 0.1) is 11.3 Å². The second-order valence-electron chi connectivity index (χ2n) is 6.39. The Morgan fingerprint density at radius 3 is 3.14 bits per heavy atom. The molecule has 2 atom stereocenters. The third-order valence-electron chi connectivity index (χ3n) is 4.84. The second kappa shape index (κ2) is 5.74. The molecule has 1 N–H and O–H groups in total. The van der Waals surface area contributed by atoms with Gasteiger partial charge >= 0.3 is 0 Å². The van der Waals surface area contributed by atoms with E-state index in [1.165, 1.54) is 0 Å². The molecule has 2 fully saturated rings. The van der Waals surface area contributed by atoms with Gasteiger partial charge in [0.05, 0.1) is 26.0 Å². The van der Waals surface area contributed by atoms with Gasteiger partial charge in [-0.15, -0.1) is 0 Å². The average Bonchev–Trinajstić information content (AvgIpc) is 3.23. The Morgan fingerprint density at radius 1 is 1.32 bits per heavy atom. The van der Waals surface area contributed by atoms with Crippen LogP contribution in [0.5, 0.6) is 0 Å². The van der Waals surface area contributed by atoms with Crippen LogP contribution >= 0.6 is 0 Å². The molecule has 0 unspecified atom stereocenters. The molecule has 2 aliphatic rings. The lowest BCUT2D eigenvalue weighted by Gasteiger charge is -2.27. The minimum absolute atomic E-state index is 0.185. The van der Waals surface area contributed by atoms with Crippen LogP contribution in [-0.2, 0) is 11.3 Å². The van der Waals surface area contributed by atoms with Gasteiger partial charge in [-0.1, -0.05) is 6.07 Å². The van der Waals surface area contributed by atoms with Crippen molar-refractivity contribution in [3.05, 3.63) is 48.6 Å². The summed E-state index contributed by atoms with van der Waals surface area (Å²) in [4.78, 5) is 6.83. The molecule has 0 aliphatic carbocycles. The summed E-state index contributed by atoms with van der Waals surface area (Å²) in [7, 11) is 0. The number of likely N-dealkylation sites (tertiary alicyclic amines) is 1. The summed E-state index contributed by atoms with van der Waals surface area (Å²) in [5.74, 6) is 2.56. The fourth-order valence-electron chi connectivity index (χ4n) is 3.67. The van der Waals surface area contributed by atoms with Crippen LogP contribution < -0.4 is 5.32 Å². The molecule has 2 aliphatic heterocycles. The van der Waals surface area contributed by atoms with Crippen molar-refractivity contribution in [1.29, 1.82) is 0 Å². The van der Waals surface area contributed by atoms with Gasteiger partial charge in [0.25, 0.3) is 0 Å². The Kier molecular flexibility index (Phi) is 3.60. The molecule has 4 heterocycles. The Labute approximate surface area is 130 Å². The minimum Gasteiger partial charge on any atom is -0.468 e. The topological polar surface area (TPSA) is 50.5 Å². The molecule has 2 aromatic heterocycles. The Hall–Kier alpha value is -1.85. The van der Waals surface area contributed by atoms with Crippen molar-refractivity contribution in [2.24, 2.45) is 11.3 Å². The summed E-state index contributed by atoms with van der Waals surface area (Å²) in [5.41, 5.74) is 0.185. The maximum atomic E-state index is 5.78. The van der Waals surface area contributed by atoms with E-state index in [2.05, 4.69) is 15.2 Å². The molecule has 0 amide bonds. The highest BCUT2D eigenvalue weighted by Gasteiger charge is 2.50. The first-order valence-corrected chi connectivity index (χ1v) is 7.81. The summed E-state index contributed by atoms with van der Waals surface area (Å²) < 4.78 is 11.3. The molecule has 0 spiro atoms. The van der Waals surface area contributed by atoms with Crippen molar-refractivity contribution in [2.75, 3.05) is 38.2 Å². The fourth-order valence-corrected chi connectivity index (χ4v) is 3.67. The van der Waals surface area contributed by atoms with Crippen LogP contribution in [-0.4, -0.2) is 42.7 Å². The van der Waals surface area contributed by atoms with Gasteiger partial charge in [-0.05, 0) is 24.3 Å². The van der Waals surface area contributed by atoms with Gasteiger partial charge in [0.15, 0.2) is 0 Å². The lowest BCUT2D eigenvalue weighted by Crippen LogP contribution is -2.37. The molecule has 22 heavy (non-hydrogen) atoms. The highest BCUT2D eigenvalue weighted by Crippen LogP contribution is 2.41. The number of aromatic nitrogens is 1. The van der Waals surface area contributed by atoms with Crippen molar-refractivity contribution in [3.63, 3.8) is 0 Å². The molecule has 0 radical (unpaired) electrons. The van der Waals surface area contributed by atoms with Crippen molar-refractivity contribution in [2.45, 2.75) is 6.54 Å². The number of rotatable bonds is 5. The summed E-state index contributed by atoms with van der Waals surface area (Å²) in [5, 5.41) is 3.49. The molecule has 5 heteroatoms. The molecule has 0 bridgehead atoms. The zero-order chi connectivity index (χ0) is 14.8. The van der Waals surface area contributed by atoms with E-state index in [0.717, 1.165) is 51.0 Å². The van der Waals surface area contributed by atoms with E-state index in [-0.39, 0.29) is 5.41 Å². The molecular weight excluding hydrogens is 278 g/mol. The fraction of sp³-hybridized carbons (Fsp3) is 0.471. The van der Waals surface area contributed by atoms with Gasteiger partial charge in [-0.2, -0.15) is 0 Å². The van der Waals surface area contributed by atoms with Gasteiger partial charge in [0.1, 0.15) is 11.6 Å². The van der Waals surface area contributed by atoms with E-state index in [9.17, 15) is 0 Å². The number of furan rings is 1. The second-order valence-corrected chi connectivity index (χ2v) is 6.39. The van der Waals surface area contributed by atoms with Gasteiger partial charge < -0.3 is 14.5 Å². The maximum Gasteiger partial charge on any atom is 0.125 e. The van der Waals surface area contributed by atoms with E-state index < -0.39 is 0 Å². The zero-order valence-electron chi connectivity index (χ0n) is 12.6. The van der Waals surface area contributed by atoms with E-state index in [1.54, 1.807) is 6.26 Å². The normalized spacial score (nSPS) is 27.9. The van der Waals surface area contributed by atoms with Crippen LogP contribution in [0.3, 0.4) is 0 Å². The van der Waals surface area contributed by atoms with Crippen LogP contribution in [0.4, 0.5) is 5.82 Å². The first-order chi connectivity index (χ1) is 10.8. The number of ether oxygens (including phenoxy) is 1. The lowest BCUT2D eigenvalue weighted by molar-refractivity contribution is 0.129. The summed E-state index contributed by atoms with van der Waals surface area (Å²) in [6.45, 7) is 5.59. The molecule has 0 saturated carbocycles. The summed E-state index contributed by atoms with van der Waals surface area (Å²) >= 11 is 0. The van der Waals surface area contributed by atoms with Crippen molar-refractivity contribution >= 4 is 5.82 Å². The first kappa shape index (κ1) is 13.8. The largest absolute Gasteiger partial charge is 0.468 e. The summed E-state index contributed by atoms with van der Waals surface area (Å²) in [6, 6.07) is 9.95. The van der Waals surface area contributed by atoms with Crippen LogP contribution in [0.1, 0.15) is 5.76 Å². The van der Waals surface area contributed by atoms with Crippen LogP contribution in [0.25, 0.3) is 0 Å². The zero-order valence-corrected chi connectivity index (χ0v) is 12.6. The molecule has 2 saturated heterocycles. The number of pyridine rings is 1. The third-order valence-corrected chi connectivity index (χ3v) is 4.84. The standard InChI is InChI=1S/C17H21N3O2/c1-2-6-18-16(5-1)19-11-17-12-20(8-14(17)10-21-13-17)9-15-4-3-7-22-15/h1-7,14H,8-13H2,(H,18,19)/t14-,17+/m1/s1. The Morgan fingerprint density at radius 2 is 2.32 bits per heavy atom. The van der Waals surface area contributed by atoms with E-state index in [1.807, 2.05) is 36.5 Å². The van der Waals surface area contributed by atoms with Gasteiger partial charge in [-0.3, -0.25) is 4.90 Å². The number of fused-ring (bicyclic) bond motifs is 1.